The third-order valence-electron chi connectivity index (χ3n) is 4.05. The second kappa shape index (κ2) is 4.98. The minimum Gasteiger partial charge on any atom is -0.361 e. The van der Waals surface area contributed by atoms with E-state index in [2.05, 4.69) is 10.3 Å². The number of benzene rings is 2. The van der Waals surface area contributed by atoms with Crippen molar-refractivity contribution in [3.05, 3.63) is 66.2 Å². The predicted molar refractivity (Wildman–Crippen MR) is 89.1 cm³/mol. The molecule has 23 heavy (non-hydrogen) atoms. The Kier molecular flexibility index (Phi) is 2.94. The lowest BCUT2D eigenvalue weighted by molar-refractivity contribution is 0.102. The van der Waals surface area contributed by atoms with Crippen LogP contribution in [0.5, 0.6) is 0 Å². The maximum atomic E-state index is 13.3. The average Bonchev–Trinajstić information content (AvgIpc) is 3.11. The molecule has 0 bridgehead atoms. The molecule has 0 aliphatic rings. The summed E-state index contributed by atoms with van der Waals surface area (Å²) in [5.41, 5.74) is 2.97. The molecule has 114 valence electrons. The van der Waals surface area contributed by atoms with Gasteiger partial charge in [-0.15, -0.1) is 0 Å². The molecule has 2 aromatic heterocycles. The SMILES string of the molecule is Cn1c(C(=O)Nc2ccc3cc[nH]c3c2)cc2cc(F)ccc21. The fourth-order valence-electron chi connectivity index (χ4n) is 2.86. The Morgan fingerprint density at radius 2 is 1.96 bits per heavy atom. The first kappa shape index (κ1) is 13.6. The number of hydrogen-bond donors (Lipinski definition) is 2. The van der Waals surface area contributed by atoms with Gasteiger partial charge in [0.05, 0.1) is 0 Å². The minimum absolute atomic E-state index is 0.227. The second-order valence-electron chi connectivity index (χ2n) is 5.53. The zero-order valence-electron chi connectivity index (χ0n) is 12.4. The van der Waals surface area contributed by atoms with E-state index in [0.717, 1.165) is 16.4 Å². The molecule has 0 atom stereocenters. The third kappa shape index (κ3) is 2.26. The van der Waals surface area contributed by atoms with Crippen molar-refractivity contribution in [2.45, 2.75) is 0 Å². The van der Waals surface area contributed by atoms with E-state index in [1.165, 1.54) is 12.1 Å². The monoisotopic (exact) mass is 307 g/mol. The number of aromatic amines is 1. The summed E-state index contributed by atoms with van der Waals surface area (Å²) in [4.78, 5) is 15.6. The van der Waals surface area contributed by atoms with Crippen LogP contribution < -0.4 is 5.32 Å². The molecule has 0 saturated heterocycles. The summed E-state index contributed by atoms with van der Waals surface area (Å²) < 4.78 is 15.1. The summed E-state index contributed by atoms with van der Waals surface area (Å²) in [6.07, 6.45) is 1.86. The van der Waals surface area contributed by atoms with Crippen LogP contribution in [0.4, 0.5) is 10.1 Å². The number of nitrogens with zero attached hydrogens (tertiary/aromatic N) is 1. The number of rotatable bonds is 2. The molecule has 0 aliphatic heterocycles. The van der Waals surface area contributed by atoms with Gasteiger partial charge in [-0.05, 0) is 47.9 Å². The van der Waals surface area contributed by atoms with Crippen LogP contribution in [0.1, 0.15) is 10.5 Å². The molecule has 0 unspecified atom stereocenters. The molecule has 1 amide bonds. The lowest BCUT2D eigenvalue weighted by Gasteiger charge is -2.07. The quantitative estimate of drug-likeness (QED) is 0.576. The second-order valence-corrected chi connectivity index (χ2v) is 5.53. The number of aromatic nitrogens is 2. The van der Waals surface area contributed by atoms with Crippen molar-refractivity contribution in [2.24, 2.45) is 7.05 Å². The van der Waals surface area contributed by atoms with Gasteiger partial charge in [-0.3, -0.25) is 4.79 Å². The fourth-order valence-corrected chi connectivity index (χ4v) is 2.86. The minimum atomic E-state index is -0.313. The van der Waals surface area contributed by atoms with Gasteiger partial charge in [-0.25, -0.2) is 4.39 Å². The molecule has 0 spiro atoms. The Labute approximate surface area is 131 Å². The van der Waals surface area contributed by atoms with Gasteiger partial charge in [0.15, 0.2) is 0 Å². The predicted octanol–water partition coefficient (Wildman–Crippen LogP) is 4.05. The number of H-pyrrole nitrogens is 1. The van der Waals surface area contributed by atoms with Crippen LogP contribution in [0.2, 0.25) is 0 Å². The Bertz CT molecular complexity index is 1040. The Morgan fingerprint density at radius 3 is 2.83 bits per heavy atom. The molecule has 2 aromatic carbocycles. The number of hydrogen-bond acceptors (Lipinski definition) is 1. The first-order chi connectivity index (χ1) is 11.1. The van der Waals surface area contributed by atoms with Gasteiger partial charge in [0.25, 0.3) is 5.91 Å². The van der Waals surface area contributed by atoms with Crippen molar-refractivity contribution in [1.29, 1.82) is 0 Å². The zero-order chi connectivity index (χ0) is 16.0. The van der Waals surface area contributed by atoms with E-state index in [1.54, 1.807) is 23.7 Å². The van der Waals surface area contributed by atoms with E-state index in [1.807, 2.05) is 30.5 Å². The van der Waals surface area contributed by atoms with Gasteiger partial charge >= 0.3 is 0 Å². The molecule has 4 nitrogen and oxygen atoms in total. The van der Waals surface area contributed by atoms with Crippen LogP contribution >= 0.6 is 0 Å². The topological polar surface area (TPSA) is 49.8 Å². The van der Waals surface area contributed by atoms with Gasteiger partial charge in [0.2, 0.25) is 0 Å². The molecule has 2 N–H and O–H groups in total. The number of fused-ring (bicyclic) bond motifs is 2. The number of nitrogens with one attached hydrogen (secondary N) is 2. The molecule has 4 rings (SSSR count). The maximum Gasteiger partial charge on any atom is 0.272 e. The molecule has 4 aromatic rings. The molecular formula is C18H14FN3O. The van der Waals surface area contributed by atoms with E-state index in [-0.39, 0.29) is 11.7 Å². The highest BCUT2D eigenvalue weighted by Crippen LogP contribution is 2.22. The maximum absolute atomic E-state index is 13.3. The van der Waals surface area contributed by atoms with Gasteiger partial charge < -0.3 is 14.9 Å². The molecule has 0 radical (unpaired) electrons. The largest absolute Gasteiger partial charge is 0.361 e. The lowest BCUT2D eigenvalue weighted by atomic mass is 10.2. The third-order valence-corrected chi connectivity index (χ3v) is 4.05. The molecule has 0 aliphatic carbocycles. The van der Waals surface area contributed by atoms with Gasteiger partial charge in [-0.2, -0.15) is 0 Å². The van der Waals surface area contributed by atoms with Crippen LogP contribution in [0.15, 0.2) is 54.7 Å². The van der Waals surface area contributed by atoms with E-state index in [9.17, 15) is 9.18 Å². The number of carbonyl (C=O) groups is 1. The normalized spacial score (nSPS) is 11.2. The van der Waals surface area contributed by atoms with E-state index in [0.29, 0.717) is 16.8 Å². The van der Waals surface area contributed by atoms with Crippen molar-refractivity contribution >= 4 is 33.4 Å². The zero-order valence-corrected chi connectivity index (χ0v) is 12.4. The first-order valence-corrected chi connectivity index (χ1v) is 7.25. The highest BCUT2D eigenvalue weighted by Gasteiger charge is 2.14. The van der Waals surface area contributed by atoms with Crippen molar-refractivity contribution in [3.63, 3.8) is 0 Å². The molecular weight excluding hydrogens is 293 g/mol. The smallest absolute Gasteiger partial charge is 0.272 e. The lowest BCUT2D eigenvalue weighted by Crippen LogP contribution is -2.15. The molecule has 0 saturated carbocycles. The summed E-state index contributed by atoms with van der Waals surface area (Å²) >= 11 is 0. The summed E-state index contributed by atoms with van der Waals surface area (Å²) in [7, 11) is 1.79. The summed E-state index contributed by atoms with van der Waals surface area (Å²) in [6, 6.07) is 13.8. The van der Waals surface area contributed by atoms with Crippen LogP contribution in [-0.4, -0.2) is 15.5 Å². The Balaban J connectivity index is 1.69. The van der Waals surface area contributed by atoms with E-state index >= 15 is 0 Å². The van der Waals surface area contributed by atoms with Gasteiger partial charge in [0.1, 0.15) is 11.5 Å². The summed E-state index contributed by atoms with van der Waals surface area (Å²) in [5.74, 6) is -0.540. The molecule has 0 fully saturated rings. The van der Waals surface area contributed by atoms with Crippen molar-refractivity contribution < 1.29 is 9.18 Å². The number of amides is 1. The standard InChI is InChI=1S/C18H14FN3O/c1-22-16-5-3-13(19)8-12(16)9-17(22)18(23)21-14-4-2-11-6-7-20-15(11)10-14/h2-10,20H,1H3,(H,21,23). The fraction of sp³-hybridized carbons (Fsp3) is 0.0556. The van der Waals surface area contributed by atoms with E-state index in [4.69, 9.17) is 0 Å². The summed E-state index contributed by atoms with van der Waals surface area (Å²) in [6.45, 7) is 0. The van der Waals surface area contributed by atoms with Crippen LogP contribution in [-0.2, 0) is 7.05 Å². The highest BCUT2D eigenvalue weighted by atomic mass is 19.1. The molecule has 5 heteroatoms. The van der Waals surface area contributed by atoms with E-state index < -0.39 is 0 Å². The summed E-state index contributed by atoms with van der Waals surface area (Å²) in [5, 5.41) is 4.68. The highest BCUT2D eigenvalue weighted by molar-refractivity contribution is 6.07. The van der Waals surface area contributed by atoms with Crippen LogP contribution in [0, 0.1) is 5.82 Å². The number of anilines is 1. The van der Waals surface area contributed by atoms with Crippen molar-refractivity contribution in [2.75, 3.05) is 5.32 Å². The van der Waals surface area contributed by atoms with Crippen molar-refractivity contribution in [1.82, 2.24) is 9.55 Å². The number of halogens is 1. The number of carbonyl (C=O) groups excluding carboxylic acids is 1. The van der Waals surface area contributed by atoms with Crippen LogP contribution in [0.25, 0.3) is 21.8 Å². The van der Waals surface area contributed by atoms with Gasteiger partial charge in [-0.1, -0.05) is 6.07 Å². The Hall–Kier alpha value is -3.08. The molecule has 2 heterocycles. The Morgan fingerprint density at radius 1 is 1.09 bits per heavy atom. The average molecular weight is 307 g/mol. The van der Waals surface area contributed by atoms with Gasteiger partial charge in [0, 0.05) is 35.4 Å². The van der Waals surface area contributed by atoms with Crippen LogP contribution in [0.3, 0.4) is 0 Å². The first-order valence-electron chi connectivity index (χ1n) is 7.25. The number of aryl methyl sites for hydroxylation is 1. The van der Waals surface area contributed by atoms with Crippen molar-refractivity contribution in [3.8, 4) is 0 Å².